The molecule has 3 rings (SSSR count). The number of carbonyl (C=O) groups is 1. The van der Waals surface area contributed by atoms with Gasteiger partial charge in [0, 0.05) is 24.8 Å². The number of anilines is 2. The van der Waals surface area contributed by atoms with Crippen LogP contribution in [0.1, 0.15) is 25.0 Å². The first kappa shape index (κ1) is 13.4. The van der Waals surface area contributed by atoms with Gasteiger partial charge in [0.05, 0.1) is 24.9 Å². The van der Waals surface area contributed by atoms with Crippen molar-refractivity contribution in [1.82, 2.24) is 0 Å². The topological polar surface area (TPSA) is 53.0 Å². The number of rotatable bonds is 2. The van der Waals surface area contributed by atoms with Crippen molar-refractivity contribution in [3.05, 3.63) is 23.8 Å². The van der Waals surface area contributed by atoms with Crippen LogP contribution in [0.5, 0.6) is 0 Å². The summed E-state index contributed by atoms with van der Waals surface area (Å²) in [5.74, 6) is -0.258. The van der Waals surface area contributed by atoms with Crippen LogP contribution in [-0.4, -0.2) is 43.9 Å². The summed E-state index contributed by atoms with van der Waals surface area (Å²) in [5.41, 5.74) is 2.59. The third-order valence-electron chi connectivity index (χ3n) is 4.26. The fourth-order valence-corrected chi connectivity index (χ4v) is 3.00. The number of ether oxygens (including phenoxy) is 1. The van der Waals surface area contributed by atoms with E-state index in [-0.39, 0.29) is 5.91 Å². The number of fused-ring (bicyclic) bond motifs is 1. The van der Waals surface area contributed by atoms with Crippen molar-refractivity contribution in [3.8, 4) is 0 Å². The number of carbonyl (C=O) groups excluding carboxylic acids is 1. The number of aliphatic hydroxyl groups is 1. The number of morpholine rings is 1. The molecule has 2 unspecified atom stereocenters. The molecule has 2 aliphatic heterocycles. The maximum absolute atomic E-state index is 11.8. The average Bonchev–Trinajstić information content (AvgIpc) is 2.71. The van der Waals surface area contributed by atoms with Crippen LogP contribution in [0.3, 0.4) is 0 Å². The number of benzene rings is 1. The number of amides is 1. The van der Waals surface area contributed by atoms with Gasteiger partial charge in [-0.3, -0.25) is 4.79 Å². The zero-order chi connectivity index (χ0) is 14.3. The van der Waals surface area contributed by atoms with Crippen molar-refractivity contribution in [1.29, 1.82) is 0 Å². The molecule has 1 fully saturated rings. The van der Waals surface area contributed by atoms with E-state index in [0.29, 0.717) is 11.6 Å². The first-order chi connectivity index (χ1) is 9.63. The molecule has 5 heteroatoms. The number of nitrogens with zero attached hydrogens (tertiary/aromatic N) is 2. The Balaban J connectivity index is 1.95. The van der Waals surface area contributed by atoms with E-state index in [0.717, 1.165) is 37.6 Å². The molecule has 1 amide bonds. The Hall–Kier alpha value is -1.59. The van der Waals surface area contributed by atoms with Crippen LogP contribution in [0.4, 0.5) is 11.4 Å². The Morgan fingerprint density at radius 2 is 2.25 bits per heavy atom. The molecule has 0 aromatic heterocycles. The van der Waals surface area contributed by atoms with E-state index in [1.165, 1.54) is 4.90 Å². The van der Waals surface area contributed by atoms with Crippen molar-refractivity contribution in [2.75, 3.05) is 36.6 Å². The van der Waals surface area contributed by atoms with E-state index < -0.39 is 6.10 Å². The molecule has 0 radical (unpaired) electrons. The molecule has 2 atom stereocenters. The lowest BCUT2D eigenvalue weighted by atomic mass is 10.1. The molecule has 0 bridgehead atoms. The summed E-state index contributed by atoms with van der Waals surface area (Å²) in [7, 11) is 1.71. The standard InChI is InChI=1S/C15H20N2O3/c1-3-10-9-20-7-6-17(10)11-4-5-12-13(8-11)16(2)15(19)14(12)18/h4-5,8,10,14,18H,3,6-7,9H2,1-2H3. The van der Waals surface area contributed by atoms with Crippen molar-refractivity contribution in [2.24, 2.45) is 0 Å². The van der Waals surface area contributed by atoms with Gasteiger partial charge in [0.15, 0.2) is 6.10 Å². The summed E-state index contributed by atoms with van der Waals surface area (Å²) in [4.78, 5) is 15.7. The molecule has 20 heavy (non-hydrogen) atoms. The van der Waals surface area contributed by atoms with Crippen LogP contribution in [0.2, 0.25) is 0 Å². The van der Waals surface area contributed by atoms with Crippen LogP contribution in [0.25, 0.3) is 0 Å². The molecule has 2 aliphatic rings. The molecule has 5 nitrogen and oxygen atoms in total. The molecular formula is C15H20N2O3. The molecule has 0 saturated carbocycles. The maximum Gasteiger partial charge on any atom is 0.260 e. The Kier molecular flexibility index (Phi) is 3.40. The molecule has 1 N–H and O–H groups in total. The second-order valence-corrected chi connectivity index (χ2v) is 5.37. The van der Waals surface area contributed by atoms with Gasteiger partial charge < -0.3 is 19.6 Å². The first-order valence-electron chi connectivity index (χ1n) is 7.07. The molecule has 1 saturated heterocycles. The van der Waals surface area contributed by atoms with Gasteiger partial charge in [0.25, 0.3) is 5.91 Å². The molecule has 0 spiro atoms. The van der Waals surface area contributed by atoms with E-state index in [1.807, 2.05) is 18.2 Å². The van der Waals surface area contributed by atoms with Gasteiger partial charge in [-0.1, -0.05) is 13.0 Å². The Morgan fingerprint density at radius 3 is 3.00 bits per heavy atom. The minimum Gasteiger partial charge on any atom is -0.378 e. The zero-order valence-corrected chi connectivity index (χ0v) is 11.9. The van der Waals surface area contributed by atoms with Gasteiger partial charge in [-0.05, 0) is 18.6 Å². The smallest absolute Gasteiger partial charge is 0.260 e. The highest BCUT2D eigenvalue weighted by Crippen LogP contribution is 2.38. The second-order valence-electron chi connectivity index (χ2n) is 5.37. The van der Waals surface area contributed by atoms with Gasteiger partial charge in [-0.2, -0.15) is 0 Å². The third-order valence-corrected chi connectivity index (χ3v) is 4.26. The van der Waals surface area contributed by atoms with Crippen LogP contribution < -0.4 is 9.80 Å². The maximum atomic E-state index is 11.8. The SMILES string of the molecule is CCC1COCCN1c1ccc2c(c1)N(C)C(=O)C2O. The van der Waals surface area contributed by atoms with Gasteiger partial charge in [-0.15, -0.1) is 0 Å². The largest absolute Gasteiger partial charge is 0.378 e. The molecule has 108 valence electrons. The highest BCUT2D eigenvalue weighted by Gasteiger charge is 2.34. The fourth-order valence-electron chi connectivity index (χ4n) is 3.00. The Bertz CT molecular complexity index is 532. The summed E-state index contributed by atoms with van der Waals surface area (Å²) in [5, 5.41) is 9.89. The summed E-state index contributed by atoms with van der Waals surface area (Å²) < 4.78 is 5.53. The minimum atomic E-state index is -1.02. The normalized spacial score (nSPS) is 26.1. The molecule has 2 heterocycles. The quantitative estimate of drug-likeness (QED) is 0.885. The van der Waals surface area contributed by atoms with E-state index in [9.17, 15) is 9.90 Å². The Morgan fingerprint density at radius 1 is 1.45 bits per heavy atom. The highest BCUT2D eigenvalue weighted by atomic mass is 16.5. The van der Waals surface area contributed by atoms with Crippen molar-refractivity contribution < 1.29 is 14.6 Å². The van der Waals surface area contributed by atoms with Crippen LogP contribution in [0, 0.1) is 0 Å². The number of hydrogen-bond donors (Lipinski definition) is 1. The van der Waals surface area contributed by atoms with Crippen LogP contribution in [-0.2, 0) is 9.53 Å². The molecule has 1 aromatic rings. The lowest BCUT2D eigenvalue weighted by molar-refractivity contribution is -0.125. The van der Waals surface area contributed by atoms with Crippen LogP contribution in [0.15, 0.2) is 18.2 Å². The predicted octanol–water partition coefficient (Wildman–Crippen LogP) is 1.31. The van der Waals surface area contributed by atoms with E-state index in [1.54, 1.807) is 7.05 Å². The van der Waals surface area contributed by atoms with Gasteiger partial charge in [0.2, 0.25) is 0 Å². The Labute approximate surface area is 118 Å². The third kappa shape index (κ3) is 1.98. The fraction of sp³-hybridized carbons (Fsp3) is 0.533. The van der Waals surface area contributed by atoms with Crippen molar-refractivity contribution >= 4 is 17.3 Å². The van der Waals surface area contributed by atoms with Gasteiger partial charge >= 0.3 is 0 Å². The number of hydrogen-bond acceptors (Lipinski definition) is 4. The van der Waals surface area contributed by atoms with Crippen molar-refractivity contribution in [2.45, 2.75) is 25.5 Å². The van der Waals surface area contributed by atoms with Crippen molar-refractivity contribution in [3.63, 3.8) is 0 Å². The predicted molar refractivity (Wildman–Crippen MR) is 77.1 cm³/mol. The van der Waals surface area contributed by atoms with Gasteiger partial charge in [-0.25, -0.2) is 0 Å². The summed E-state index contributed by atoms with van der Waals surface area (Å²) >= 11 is 0. The summed E-state index contributed by atoms with van der Waals surface area (Å²) in [6.45, 7) is 4.48. The monoisotopic (exact) mass is 276 g/mol. The highest BCUT2D eigenvalue weighted by molar-refractivity contribution is 6.03. The van der Waals surface area contributed by atoms with E-state index in [4.69, 9.17) is 4.74 Å². The summed E-state index contributed by atoms with van der Waals surface area (Å²) in [6, 6.07) is 6.22. The minimum absolute atomic E-state index is 0.258. The van der Waals surface area contributed by atoms with Crippen LogP contribution >= 0.6 is 0 Å². The van der Waals surface area contributed by atoms with E-state index in [2.05, 4.69) is 11.8 Å². The second kappa shape index (κ2) is 5.07. The molecule has 0 aliphatic carbocycles. The van der Waals surface area contributed by atoms with E-state index >= 15 is 0 Å². The first-order valence-corrected chi connectivity index (χ1v) is 7.07. The lowest BCUT2D eigenvalue weighted by Crippen LogP contribution is -2.45. The zero-order valence-electron chi connectivity index (χ0n) is 11.9. The number of likely N-dealkylation sites (N-methyl/N-ethyl adjacent to an activating group) is 1. The summed E-state index contributed by atoms with van der Waals surface area (Å²) in [6.07, 6.45) is 0.00444. The van der Waals surface area contributed by atoms with Gasteiger partial charge in [0.1, 0.15) is 0 Å². The average molecular weight is 276 g/mol. The molecular weight excluding hydrogens is 256 g/mol. The molecule has 1 aromatic carbocycles. The number of aliphatic hydroxyl groups excluding tert-OH is 1. The lowest BCUT2D eigenvalue weighted by Gasteiger charge is -2.37.